The van der Waals surface area contributed by atoms with Gasteiger partial charge in [0.05, 0.1) is 18.1 Å². The van der Waals surface area contributed by atoms with Crippen LogP contribution in [0.2, 0.25) is 0 Å². The highest BCUT2D eigenvalue weighted by Gasteiger charge is 2.25. The first-order valence-electron chi connectivity index (χ1n) is 8.57. The minimum absolute atomic E-state index is 0.0241. The molecule has 1 aromatic rings. The van der Waals surface area contributed by atoms with E-state index in [4.69, 9.17) is 4.74 Å². The molecule has 2 aliphatic rings. The number of hydrogen-bond donors (Lipinski definition) is 0. The number of nitro groups is 1. The van der Waals surface area contributed by atoms with E-state index in [0.717, 1.165) is 38.8 Å². The molecule has 0 atom stereocenters. The number of hydrogen-bond acceptors (Lipinski definition) is 5. The third-order valence-corrected chi connectivity index (χ3v) is 4.66. The van der Waals surface area contributed by atoms with Crippen molar-refractivity contribution in [2.24, 2.45) is 0 Å². The summed E-state index contributed by atoms with van der Waals surface area (Å²) in [6.07, 6.45) is 4.42. The molecular weight excluding hydrogens is 310 g/mol. The Kier molecular flexibility index (Phi) is 5.30. The molecule has 0 radical (unpaired) electrons. The normalized spacial score (nSPS) is 19.0. The molecule has 7 heteroatoms. The molecule has 3 rings (SSSR count). The van der Waals surface area contributed by atoms with Crippen LogP contribution in [-0.2, 0) is 4.74 Å². The van der Waals surface area contributed by atoms with Gasteiger partial charge >= 0.3 is 0 Å². The lowest BCUT2D eigenvalue weighted by atomic mass is 10.1. The highest BCUT2D eigenvalue weighted by atomic mass is 16.6. The fourth-order valence-electron chi connectivity index (χ4n) is 3.33. The van der Waals surface area contributed by atoms with E-state index in [1.54, 1.807) is 17.0 Å². The van der Waals surface area contributed by atoms with E-state index in [2.05, 4.69) is 4.90 Å². The molecule has 0 saturated carbocycles. The highest BCUT2D eigenvalue weighted by molar-refractivity contribution is 5.95. The highest BCUT2D eigenvalue weighted by Crippen LogP contribution is 2.31. The van der Waals surface area contributed by atoms with Crippen molar-refractivity contribution in [3.63, 3.8) is 0 Å². The molecule has 2 saturated heterocycles. The quantitative estimate of drug-likeness (QED) is 0.627. The van der Waals surface area contributed by atoms with E-state index in [9.17, 15) is 14.9 Å². The summed E-state index contributed by atoms with van der Waals surface area (Å²) in [6, 6.07) is 4.88. The van der Waals surface area contributed by atoms with Gasteiger partial charge in [-0.1, -0.05) is 12.8 Å². The number of nitrogens with zero attached hydrogens (tertiary/aromatic N) is 3. The van der Waals surface area contributed by atoms with Crippen molar-refractivity contribution >= 4 is 17.3 Å². The number of morpholine rings is 1. The van der Waals surface area contributed by atoms with E-state index < -0.39 is 0 Å². The summed E-state index contributed by atoms with van der Waals surface area (Å²) < 4.78 is 5.25. The Morgan fingerprint density at radius 3 is 2.33 bits per heavy atom. The fraction of sp³-hybridized carbons (Fsp3) is 0.588. The minimum atomic E-state index is -0.379. The largest absolute Gasteiger partial charge is 0.378 e. The van der Waals surface area contributed by atoms with E-state index in [1.165, 1.54) is 6.07 Å². The van der Waals surface area contributed by atoms with Crippen molar-refractivity contribution < 1.29 is 14.5 Å². The third-order valence-electron chi connectivity index (χ3n) is 4.66. The van der Waals surface area contributed by atoms with E-state index in [1.807, 2.05) is 0 Å². The van der Waals surface area contributed by atoms with Crippen molar-refractivity contribution in [3.8, 4) is 0 Å². The average molecular weight is 333 g/mol. The lowest BCUT2D eigenvalue weighted by Crippen LogP contribution is -2.40. The second-order valence-corrected chi connectivity index (χ2v) is 6.27. The Labute approximate surface area is 141 Å². The van der Waals surface area contributed by atoms with Crippen LogP contribution in [0, 0.1) is 10.1 Å². The molecule has 1 amide bonds. The maximum atomic E-state index is 12.6. The van der Waals surface area contributed by atoms with Gasteiger partial charge in [0.15, 0.2) is 0 Å². The summed E-state index contributed by atoms with van der Waals surface area (Å²) in [5.41, 5.74) is 1.03. The molecule has 0 unspecified atom stereocenters. The van der Waals surface area contributed by atoms with Crippen LogP contribution in [0.5, 0.6) is 0 Å². The molecule has 1 aromatic carbocycles. The number of rotatable bonds is 3. The van der Waals surface area contributed by atoms with Crippen molar-refractivity contribution in [3.05, 3.63) is 33.9 Å². The number of benzene rings is 1. The Morgan fingerprint density at radius 2 is 1.71 bits per heavy atom. The van der Waals surface area contributed by atoms with Gasteiger partial charge in [0.1, 0.15) is 5.69 Å². The molecule has 24 heavy (non-hydrogen) atoms. The van der Waals surface area contributed by atoms with Crippen LogP contribution in [0.1, 0.15) is 36.0 Å². The van der Waals surface area contributed by atoms with Gasteiger partial charge in [-0.3, -0.25) is 14.9 Å². The van der Waals surface area contributed by atoms with Crippen molar-refractivity contribution in [2.75, 3.05) is 44.3 Å². The SMILES string of the molecule is O=C(c1ccc(N2CCCCCC2)c([N+](=O)[O-])c1)N1CCOCC1. The first kappa shape index (κ1) is 16.7. The minimum Gasteiger partial charge on any atom is -0.378 e. The standard InChI is InChI=1S/C17H23N3O4/c21-17(19-9-11-24-12-10-19)14-5-6-15(16(13-14)20(22)23)18-7-3-1-2-4-8-18/h5-6,13H,1-4,7-12H2. The summed E-state index contributed by atoms with van der Waals surface area (Å²) >= 11 is 0. The van der Waals surface area contributed by atoms with Crippen LogP contribution < -0.4 is 4.90 Å². The van der Waals surface area contributed by atoms with Gasteiger partial charge in [0.25, 0.3) is 11.6 Å². The molecule has 2 aliphatic heterocycles. The van der Waals surface area contributed by atoms with E-state index >= 15 is 0 Å². The zero-order chi connectivity index (χ0) is 16.9. The number of amides is 1. The summed E-state index contributed by atoms with van der Waals surface area (Å²) in [4.78, 5) is 27.5. The molecule has 0 aromatic heterocycles. The summed E-state index contributed by atoms with van der Waals surface area (Å²) in [6.45, 7) is 3.75. The van der Waals surface area contributed by atoms with Crippen LogP contribution in [0.3, 0.4) is 0 Å². The molecule has 0 aliphatic carbocycles. The summed E-state index contributed by atoms with van der Waals surface area (Å²) in [7, 11) is 0. The molecule has 2 fully saturated rings. The first-order valence-corrected chi connectivity index (χ1v) is 8.57. The van der Waals surface area contributed by atoms with Gasteiger partial charge in [-0.05, 0) is 25.0 Å². The van der Waals surface area contributed by atoms with Crippen molar-refractivity contribution in [1.29, 1.82) is 0 Å². The van der Waals surface area contributed by atoms with Crippen LogP contribution in [-0.4, -0.2) is 55.1 Å². The number of anilines is 1. The molecule has 0 bridgehead atoms. The first-order chi connectivity index (χ1) is 11.7. The van der Waals surface area contributed by atoms with Gasteiger partial charge < -0.3 is 14.5 Å². The zero-order valence-electron chi connectivity index (χ0n) is 13.8. The lowest BCUT2D eigenvalue weighted by molar-refractivity contribution is -0.384. The maximum absolute atomic E-state index is 12.6. The van der Waals surface area contributed by atoms with Gasteiger partial charge in [-0.25, -0.2) is 0 Å². The zero-order valence-corrected chi connectivity index (χ0v) is 13.8. The Morgan fingerprint density at radius 1 is 1.04 bits per heavy atom. The van der Waals surface area contributed by atoms with Crippen LogP contribution in [0.25, 0.3) is 0 Å². The van der Waals surface area contributed by atoms with Crippen molar-refractivity contribution in [1.82, 2.24) is 4.90 Å². The van der Waals surface area contributed by atoms with Crippen LogP contribution >= 0.6 is 0 Å². The van der Waals surface area contributed by atoms with Crippen LogP contribution in [0.15, 0.2) is 18.2 Å². The molecule has 130 valence electrons. The smallest absolute Gasteiger partial charge is 0.293 e. The monoisotopic (exact) mass is 333 g/mol. The Bertz CT molecular complexity index is 606. The topological polar surface area (TPSA) is 75.9 Å². The fourth-order valence-corrected chi connectivity index (χ4v) is 3.33. The molecule has 7 nitrogen and oxygen atoms in total. The average Bonchev–Trinajstić information content (AvgIpc) is 2.90. The predicted octanol–water partition coefficient (Wildman–Crippen LogP) is 2.45. The summed E-state index contributed by atoms with van der Waals surface area (Å²) in [5.74, 6) is -0.163. The number of nitro benzene ring substituents is 1. The molecule has 2 heterocycles. The summed E-state index contributed by atoms with van der Waals surface area (Å²) in [5, 5.41) is 11.5. The van der Waals surface area contributed by atoms with E-state index in [-0.39, 0.29) is 16.5 Å². The lowest BCUT2D eigenvalue weighted by Gasteiger charge is -2.27. The molecular formula is C17H23N3O4. The number of carbonyl (C=O) groups excluding carboxylic acids is 1. The van der Waals surface area contributed by atoms with Gasteiger partial charge in [-0.2, -0.15) is 0 Å². The molecule has 0 N–H and O–H groups in total. The second-order valence-electron chi connectivity index (χ2n) is 6.27. The van der Waals surface area contributed by atoms with Gasteiger partial charge in [0, 0.05) is 37.8 Å². The Balaban J connectivity index is 1.86. The van der Waals surface area contributed by atoms with Gasteiger partial charge in [0.2, 0.25) is 0 Å². The van der Waals surface area contributed by atoms with E-state index in [0.29, 0.717) is 37.6 Å². The predicted molar refractivity (Wildman–Crippen MR) is 90.5 cm³/mol. The second kappa shape index (κ2) is 7.61. The molecule has 0 spiro atoms. The third kappa shape index (κ3) is 3.67. The number of carbonyl (C=O) groups is 1. The van der Waals surface area contributed by atoms with Crippen molar-refractivity contribution in [2.45, 2.75) is 25.7 Å². The maximum Gasteiger partial charge on any atom is 0.293 e. The Hall–Kier alpha value is -2.15. The van der Waals surface area contributed by atoms with Crippen LogP contribution in [0.4, 0.5) is 11.4 Å². The number of ether oxygens (including phenoxy) is 1. The van der Waals surface area contributed by atoms with Gasteiger partial charge in [-0.15, -0.1) is 0 Å².